The molecular weight excluding hydrogens is 426 g/mol. The minimum absolute atomic E-state index is 0.0423. The highest BCUT2D eigenvalue weighted by molar-refractivity contribution is 5.95. The molecule has 1 aromatic heterocycles. The standard InChI is InChI=1S/C22H18F2N2O6/c1-30-22(29)13-3-2-4-15(9-13)26-19(27)12-31-21(28)8-7-20-25-11-18(32-20)16-6-5-14(23)10-17(16)24/h2-6,9-11H,7-8,12H2,1H3,(H,26,27). The Bertz CT molecular complexity index is 1140. The van der Waals surface area contributed by atoms with Crippen molar-refractivity contribution in [3.63, 3.8) is 0 Å². The van der Waals surface area contributed by atoms with Gasteiger partial charge in [0.25, 0.3) is 5.91 Å². The first-order valence-electron chi connectivity index (χ1n) is 9.39. The van der Waals surface area contributed by atoms with Crippen LogP contribution in [0.4, 0.5) is 14.5 Å². The monoisotopic (exact) mass is 444 g/mol. The Morgan fingerprint density at radius 1 is 1.12 bits per heavy atom. The first kappa shape index (κ1) is 22.6. The summed E-state index contributed by atoms with van der Waals surface area (Å²) in [6.45, 7) is -0.529. The number of amides is 1. The third-order valence-corrected chi connectivity index (χ3v) is 4.22. The van der Waals surface area contributed by atoms with E-state index < -0.39 is 36.1 Å². The molecule has 2 aromatic carbocycles. The van der Waals surface area contributed by atoms with Gasteiger partial charge in [0.15, 0.2) is 18.3 Å². The fraction of sp³-hybridized carbons (Fsp3) is 0.182. The molecule has 0 bridgehead atoms. The van der Waals surface area contributed by atoms with Gasteiger partial charge < -0.3 is 19.2 Å². The number of oxazole rings is 1. The molecular formula is C22H18F2N2O6. The molecule has 0 atom stereocenters. The molecule has 8 nitrogen and oxygen atoms in total. The van der Waals surface area contributed by atoms with Gasteiger partial charge in [-0.25, -0.2) is 18.6 Å². The van der Waals surface area contributed by atoms with Crippen molar-refractivity contribution in [2.24, 2.45) is 0 Å². The minimum atomic E-state index is -0.796. The lowest BCUT2D eigenvalue weighted by Crippen LogP contribution is -2.21. The van der Waals surface area contributed by atoms with Crippen LogP contribution < -0.4 is 5.32 Å². The van der Waals surface area contributed by atoms with Crippen LogP contribution in [0.1, 0.15) is 22.7 Å². The zero-order valence-electron chi connectivity index (χ0n) is 16.9. The molecule has 0 aliphatic heterocycles. The normalized spacial score (nSPS) is 10.5. The number of halogens is 2. The molecule has 0 saturated carbocycles. The van der Waals surface area contributed by atoms with E-state index in [9.17, 15) is 23.2 Å². The summed E-state index contributed by atoms with van der Waals surface area (Å²) in [4.78, 5) is 39.3. The van der Waals surface area contributed by atoms with Crippen LogP contribution >= 0.6 is 0 Å². The average molecular weight is 444 g/mol. The predicted octanol–water partition coefficient (Wildman–Crippen LogP) is 3.52. The van der Waals surface area contributed by atoms with Crippen molar-refractivity contribution in [2.45, 2.75) is 12.8 Å². The van der Waals surface area contributed by atoms with E-state index in [1.165, 1.54) is 31.5 Å². The molecule has 0 aliphatic rings. The third-order valence-electron chi connectivity index (χ3n) is 4.22. The second kappa shape index (κ2) is 10.3. The van der Waals surface area contributed by atoms with E-state index in [2.05, 4.69) is 15.0 Å². The van der Waals surface area contributed by atoms with E-state index in [0.717, 1.165) is 12.1 Å². The van der Waals surface area contributed by atoms with Gasteiger partial charge in [0, 0.05) is 18.2 Å². The summed E-state index contributed by atoms with van der Waals surface area (Å²) in [6, 6.07) is 9.13. The lowest BCUT2D eigenvalue weighted by atomic mass is 10.2. The summed E-state index contributed by atoms with van der Waals surface area (Å²) in [5.74, 6) is -3.07. The van der Waals surface area contributed by atoms with E-state index in [1.54, 1.807) is 12.1 Å². The molecule has 3 rings (SSSR count). The molecule has 0 saturated heterocycles. The van der Waals surface area contributed by atoms with Crippen LogP contribution in [0.25, 0.3) is 11.3 Å². The number of ether oxygens (including phenoxy) is 2. The number of methoxy groups -OCH3 is 1. The average Bonchev–Trinajstić information content (AvgIpc) is 3.24. The van der Waals surface area contributed by atoms with Crippen LogP contribution in [0, 0.1) is 11.6 Å². The van der Waals surface area contributed by atoms with Crippen molar-refractivity contribution in [3.8, 4) is 11.3 Å². The fourth-order valence-electron chi connectivity index (χ4n) is 2.71. The maximum atomic E-state index is 13.8. The van der Waals surface area contributed by atoms with Gasteiger partial charge in [0.05, 0.1) is 30.9 Å². The second-order valence-electron chi connectivity index (χ2n) is 6.52. The SMILES string of the molecule is COC(=O)c1cccc(NC(=O)COC(=O)CCc2ncc(-c3ccc(F)cc3F)o2)c1. The summed E-state index contributed by atoms with van der Waals surface area (Å²) in [6.07, 6.45) is 1.20. The summed E-state index contributed by atoms with van der Waals surface area (Å²) < 4.78 is 41.7. The highest BCUT2D eigenvalue weighted by atomic mass is 19.1. The number of aryl methyl sites for hydroxylation is 1. The van der Waals surface area contributed by atoms with Crippen LogP contribution in [0.5, 0.6) is 0 Å². The lowest BCUT2D eigenvalue weighted by Gasteiger charge is -2.07. The number of aromatic nitrogens is 1. The molecule has 0 fully saturated rings. The molecule has 3 aromatic rings. The second-order valence-corrected chi connectivity index (χ2v) is 6.52. The largest absolute Gasteiger partial charge is 0.465 e. The molecule has 166 valence electrons. The van der Waals surface area contributed by atoms with Crippen molar-refractivity contribution in [1.82, 2.24) is 4.98 Å². The summed E-state index contributed by atoms with van der Waals surface area (Å²) >= 11 is 0. The Morgan fingerprint density at radius 2 is 1.94 bits per heavy atom. The third kappa shape index (κ3) is 5.97. The fourth-order valence-corrected chi connectivity index (χ4v) is 2.71. The number of hydrogen-bond donors (Lipinski definition) is 1. The number of esters is 2. The van der Waals surface area contributed by atoms with Crippen molar-refractivity contribution in [3.05, 3.63) is 71.8 Å². The van der Waals surface area contributed by atoms with Gasteiger partial charge in [-0.2, -0.15) is 0 Å². The number of carbonyl (C=O) groups excluding carboxylic acids is 3. The van der Waals surface area contributed by atoms with Crippen LogP contribution in [0.15, 0.2) is 53.1 Å². The molecule has 32 heavy (non-hydrogen) atoms. The number of benzene rings is 2. The Balaban J connectivity index is 1.46. The molecule has 1 heterocycles. The predicted molar refractivity (Wildman–Crippen MR) is 108 cm³/mol. The summed E-state index contributed by atoms with van der Waals surface area (Å²) in [7, 11) is 1.24. The van der Waals surface area contributed by atoms with Crippen LogP contribution in [-0.4, -0.2) is 36.5 Å². The van der Waals surface area contributed by atoms with Gasteiger partial charge in [-0.3, -0.25) is 9.59 Å². The van der Waals surface area contributed by atoms with Crippen LogP contribution in [0.2, 0.25) is 0 Å². The zero-order chi connectivity index (χ0) is 23.1. The van der Waals surface area contributed by atoms with Gasteiger partial charge >= 0.3 is 11.9 Å². The number of hydrogen-bond acceptors (Lipinski definition) is 7. The van der Waals surface area contributed by atoms with E-state index in [4.69, 9.17) is 9.15 Å². The Labute approximate surface area is 181 Å². The molecule has 1 amide bonds. The summed E-state index contributed by atoms with van der Waals surface area (Å²) in [5.41, 5.74) is 0.642. The van der Waals surface area contributed by atoms with Crippen molar-refractivity contribution in [1.29, 1.82) is 0 Å². The van der Waals surface area contributed by atoms with E-state index in [-0.39, 0.29) is 35.6 Å². The van der Waals surface area contributed by atoms with Gasteiger partial charge in [-0.1, -0.05) is 6.07 Å². The van der Waals surface area contributed by atoms with Crippen molar-refractivity contribution in [2.75, 3.05) is 19.0 Å². The Morgan fingerprint density at radius 3 is 2.69 bits per heavy atom. The molecule has 1 N–H and O–H groups in total. The van der Waals surface area contributed by atoms with Gasteiger partial charge in [0.1, 0.15) is 11.6 Å². The first-order chi connectivity index (χ1) is 15.4. The van der Waals surface area contributed by atoms with Gasteiger partial charge in [-0.15, -0.1) is 0 Å². The minimum Gasteiger partial charge on any atom is -0.465 e. The number of carbonyl (C=O) groups is 3. The highest BCUT2D eigenvalue weighted by Crippen LogP contribution is 2.24. The topological polar surface area (TPSA) is 108 Å². The molecule has 10 heteroatoms. The summed E-state index contributed by atoms with van der Waals surface area (Å²) in [5, 5.41) is 2.50. The van der Waals surface area contributed by atoms with Crippen molar-refractivity contribution < 1.29 is 37.1 Å². The van der Waals surface area contributed by atoms with Gasteiger partial charge in [0.2, 0.25) is 0 Å². The van der Waals surface area contributed by atoms with Crippen LogP contribution in [-0.2, 0) is 25.5 Å². The van der Waals surface area contributed by atoms with E-state index in [0.29, 0.717) is 5.69 Å². The quantitative estimate of drug-likeness (QED) is 0.530. The number of rotatable bonds is 8. The number of anilines is 1. The Kier molecular flexibility index (Phi) is 7.27. The van der Waals surface area contributed by atoms with Crippen molar-refractivity contribution >= 4 is 23.5 Å². The first-order valence-corrected chi connectivity index (χ1v) is 9.39. The highest BCUT2D eigenvalue weighted by Gasteiger charge is 2.14. The van der Waals surface area contributed by atoms with E-state index in [1.807, 2.05) is 0 Å². The molecule has 0 aliphatic carbocycles. The number of nitrogens with one attached hydrogen (secondary N) is 1. The lowest BCUT2D eigenvalue weighted by molar-refractivity contribution is -0.147. The maximum Gasteiger partial charge on any atom is 0.337 e. The van der Waals surface area contributed by atoms with E-state index >= 15 is 0 Å². The van der Waals surface area contributed by atoms with Gasteiger partial charge in [-0.05, 0) is 30.3 Å². The maximum absolute atomic E-state index is 13.8. The number of nitrogens with zero attached hydrogens (tertiary/aromatic N) is 1. The smallest absolute Gasteiger partial charge is 0.337 e. The molecule has 0 unspecified atom stereocenters. The Hall–Kier alpha value is -4.08. The van der Waals surface area contributed by atoms with Crippen LogP contribution in [0.3, 0.4) is 0 Å². The molecule has 0 radical (unpaired) electrons. The zero-order valence-corrected chi connectivity index (χ0v) is 16.9. The molecule has 0 spiro atoms.